The minimum absolute atomic E-state index is 0. The van der Waals surface area contributed by atoms with Crippen LogP contribution < -0.4 is 5.32 Å². The van der Waals surface area contributed by atoms with Crippen molar-refractivity contribution in [3.05, 3.63) is 34.9 Å². The molecule has 0 saturated carbocycles. The van der Waals surface area contributed by atoms with Gasteiger partial charge in [0.25, 0.3) is 0 Å². The molecular formula is C16H24Cl2N2O. The number of amides is 1. The maximum atomic E-state index is 12.8. The largest absolute Gasteiger partial charge is 0.342 e. The summed E-state index contributed by atoms with van der Waals surface area (Å²) >= 11 is 5.92. The molecule has 1 fully saturated rings. The number of rotatable bonds is 3. The van der Waals surface area contributed by atoms with E-state index in [4.69, 9.17) is 11.6 Å². The van der Waals surface area contributed by atoms with Crippen molar-refractivity contribution in [3.63, 3.8) is 0 Å². The molecule has 1 N–H and O–H groups in total. The molecule has 1 aliphatic rings. The highest BCUT2D eigenvalue weighted by atomic mass is 35.5. The molecule has 1 heterocycles. The van der Waals surface area contributed by atoms with Crippen LogP contribution in [0, 0.1) is 0 Å². The summed E-state index contributed by atoms with van der Waals surface area (Å²) in [4.78, 5) is 14.8. The normalized spacial score (nSPS) is 16.5. The monoisotopic (exact) mass is 330 g/mol. The van der Waals surface area contributed by atoms with Crippen molar-refractivity contribution in [2.75, 3.05) is 20.1 Å². The Balaban J connectivity index is 0.00000220. The Morgan fingerprint density at radius 2 is 1.76 bits per heavy atom. The van der Waals surface area contributed by atoms with E-state index in [1.165, 1.54) is 0 Å². The molecule has 118 valence electrons. The molecule has 0 aliphatic carbocycles. The van der Waals surface area contributed by atoms with Crippen molar-refractivity contribution in [2.45, 2.75) is 38.1 Å². The van der Waals surface area contributed by atoms with E-state index in [0.717, 1.165) is 31.5 Å². The van der Waals surface area contributed by atoms with Gasteiger partial charge in [0.2, 0.25) is 5.91 Å². The number of carbonyl (C=O) groups is 1. The summed E-state index contributed by atoms with van der Waals surface area (Å²) in [6.07, 6.45) is 2.05. The van der Waals surface area contributed by atoms with Gasteiger partial charge in [-0.05, 0) is 51.4 Å². The Morgan fingerprint density at radius 1 is 1.24 bits per heavy atom. The van der Waals surface area contributed by atoms with Crippen LogP contribution >= 0.6 is 24.0 Å². The predicted octanol–water partition coefficient (Wildman–Crippen LogP) is 3.25. The lowest BCUT2D eigenvalue weighted by molar-refractivity contribution is -0.137. The molecule has 0 aromatic heterocycles. The van der Waals surface area contributed by atoms with Gasteiger partial charge in [0, 0.05) is 24.2 Å². The van der Waals surface area contributed by atoms with E-state index in [1.54, 1.807) is 0 Å². The van der Waals surface area contributed by atoms with Gasteiger partial charge >= 0.3 is 0 Å². The van der Waals surface area contributed by atoms with Gasteiger partial charge in [0.05, 0.1) is 5.41 Å². The van der Waals surface area contributed by atoms with Crippen molar-refractivity contribution in [2.24, 2.45) is 0 Å². The Hall–Kier alpha value is -0.770. The number of piperidine rings is 1. The van der Waals surface area contributed by atoms with E-state index in [0.29, 0.717) is 11.1 Å². The Labute approximate surface area is 138 Å². The number of nitrogens with one attached hydrogen (secondary N) is 1. The van der Waals surface area contributed by atoms with Crippen LogP contribution in [-0.4, -0.2) is 37.0 Å². The van der Waals surface area contributed by atoms with E-state index >= 15 is 0 Å². The second kappa shape index (κ2) is 7.48. The zero-order valence-corrected chi connectivity index (χ0v) is 14.4. The van der Waals surface area contributed by atoms with E-state index in [-0.39, 0.29) is 18.3 Å². The highest BCUT2D eigenvalue weighted by molar-refractivity contribution is 6.30. The Kier molecular flexibility index (Phi) is 6.51. The molecule has 1 aromatic rings. The summed E-state index contributed by atoms with van der Waals surface area (Å²) in [6.45, 7) is 5.65. The molecule has 5 heteroatoms. The maximum Gasteiger partial charge on any atom is 0.232 e. The average molecular weight is 331 g/mol. The topological polar surface area (TPSA) is 32.3 Å². The number of hydrogen-bond acceptors (Lipinski definition) is 2. The second-order valence-electron chi connectivity index (χ2n) is 5.99. The van der Waals surface area contributed by atoms with Gasteiger partial charge in [0.15, 0.2) is 0 Å². The summed E-state index contributed by atoms with van der Waals surface area (Å²) in [7, 11) is 1.99. The van der Waals surface area contributed by atoms with Crippen molar-refractivity contribution in [1.29, 1.82) is 0 Å². The molecule has 1 aliphatic heterocycles. The van der Waals surface area contributed by atoms with Crippen LogP contribution in [0.15, 0.2) is 24.3 Å². The minimum Gasteiger partial charge on any atom is -0.342 e. The fraction of sp³-hybridized carbons (Fsp3) is 0.562. The third kappa shape index (κ3) is 4.12. The van der Waals surface area contributed by atoms with Crippen molar-refractivity contribution in [3.8, 4) is 0 Å². The maximum absolute atomic E-state index is 12.8. The van der Waals surface area contributed by atoms with Gasteiger partial charge in [-0.2, -0.15) is 0 Å². The first-order valence-corrected chi connectivity index (χ1v) is 7.55. The summed E-state index contributed by atoms with van der Waals surface area (Å²) in [5.74, 6) is 0.203. The Morgan fingerprint density at radius 3 is 2.24 bits per heavy atom. The fourth-order valence-electron chi connectivity index (χ4n) is 2.76. The number of likely N-dealkylation sites (tertiary alicyclic amines) is 1. The lowest BCUT2D eigenvalue weighted by atomic mass is 9.82. The molecule has 0 spiro atoms. The third-order valence-corrected chi connectivity index (χ3v) is 4.54. The number of hydrogen-bond donors (Lipinski definition) is 1. The summed E-state index contributed by atoms with van der Waals surface area (Å²) in [5, 5.41) is 3.99. The van der Waals surface area contributed by atoms with Gasteiger partial charge in [0.1, 0.15) is 0 Å². The van der Waals surface area contributed by atoms with Crippen LogP contribution in [0.3, 0.4) is 0 Å². The van der Waals surface area contributed by atoms with E-state index in [1.807, 2.05) is 50.1 Å². The lowest BCUT2D eigenvalue weighted by Crippen LogP contribution is -2.49. The highest BCUT2D eigenvalue weighted by Crippen LogP contribution is 2.28. The van der Waals surface area contributed by atoms with Crippen molar-refractivity contribution in [1.82, 2.24) is 10.2 Å². The van der Waals surface area contributed by atoms with Crippen molar-refractivity contribution < 1.29 is 4.79 Å². The third-order valence-electron chi connectivity index (χ3n) is 4.29. The minimum atomic E-state index is -0.503. The second-order valence-corrected chi connectivity index (χ2v) is 6.42. The summed E-state index contributed by atoms with van der Waals surface area (Å²) in [6, 6.07) is 8.12. The van der Waals surface area contributed by atoms with Gasteiger partial charge in [-0.1, -0.05) is 23.7 Å². The van der Waals surface area contributed by atoms with Crippen LogP contribution in [0.1, 0.15) is 32.3 Å². The quantitative estimate of drug-likeness (QED) is 0.922. The van der Waals surface area contributed by atoms with Gasteiger partial charge in [-0.25, -0.2) is 0 Å². The van der Waals surface area contributed by atoms with Crippen LogP contribution in [-0.2, 0) is 10.2 Å². The highest BCUT2D eigenvalue weighted by Gasteiger charge is 2.35. The zero-order chi connectivity index (χ0) is 14.8. The zero-order valence-electron chi connectivity index (χ0n) is 12.9. The number of nitrogens with zero attached hydrogens (tertiary/aromatic N) is 1. The van der Waals surface area contributed by atoms with E-state index < -0.39 is 5.41 Å². The number of halogens is 2. The predicted molar refractivity (Wildman–Crippen MR) is 90.4 cm³/mol. The smallest absolute Gasteiger partial charge is 0.232 e. The molecule has 0 bridgehead atoms. The summed E-state index contributed by atoms with van der Waals surface area (Å²) < 4.78 is 0. The molecule has 1 amide bonds. The van der Waals surface area contributed by atoms with Crippen LogP contribution in [0.25, 0.3) is 0 Å². The van der Waals surface area contributed by atoms with Crippen LogP contribution in [0.2, 0.25) is 5.02 Å². The number of benzene rings is 1. The molecule has 3 nitrogen and oxygen atoms in total. The fourth-order valence-corrected chi connectivity index (χ4v) is 2.88. The first-order valence-electron chi connectivity index (χ1n) is 7.18. The molecule has 0 radical (unpaired) electrons. The first kappa shape index (κ1) is 18.3. The molecule has 2 rings (SSSR count). The van der Waals surface area contributed by atoms with Gasteiger partial charge in [-0.3, -0.25) is 4.79 Å². The van der Waals surface area contributed by atoms with Crippen molar-refractivity contribution >= 4 is 29.9 Å². The Bertz CT molecular complexity index is 466. The van der Waals surface area contributed by atoms with E-state index in [2.05, 4.69) is 5.32 Å². The van der Waals surface area contributed by atoms with Gasteiger partial charge < -0.3 is 10.2 Å². The standard InChI is InChI=1S/C16H23ClN2O.ClH/c1-16(2,12-4-6-13(17)7-5-12)15(20)19-10-8-14(18-3)9-11-19;/h4-7,14,18H,8-11H2,1-3H3;1H. The molecule has 0 atom stereocenters. The SMILES string of the molecule is CNC1CCN(C(=O)C(C)(C)c2ccc(Cl)cc2)CC1.Cl. The molecular weight excluding hydrogens is 307 g/mol. The average Bonchev–Trinajstić information content (AvgIpc) is 2.47. The van der Waals surface area contributed by atoms with E-state index in [9.17, 15) is 4.79 Å². The van der Waals surface area contributed by atoms with Crippen LogP contribution in [0.5, 0.6) is 0 Å². The number of carbonyl (C=O) groups excluding carboxylic acids is 1. The van der Waals surface area contributed by atoms with Gasteiger partial charge in [-0.15, -0.1) is 12.4 Å². The summed E-state index contributed by atoms with van der Waals surface area (Å²) in [5.41, 5.74) is 0.513. The molecule has 1 saturated heterocycles. The van der Waals surface area contributed by atoms with Crippen LogP contribution in [0.4, 0.5) is 0 Å². The molecule has 21 heavy (non-hydrogen) atoms. The molecule has 1 aromatic carbocycles. The molecule has 0 unspecified atom stereocenters. The first-order chi connectivity index (χ1) is 9.45. The lowest BCUT2D eigenvalue weighted by Gasteiger charge is -2.37.